The molecule has 1 aromatic rings. The summed E-state index contributed by atoms with van der Waals surface area (Å²) in [6.45, 7) is 7.77. The number of fused-ring (bicyclic) bond motifs is 1. The minimum Gasteiger partial charge on any atom is -0.364 e. The highest BCUT2D eigenvalue weighted by Crippen LogP contribution is 2.35. The summed E-state index contributed by atoms with van der Waals surface area (Å²) in [5.41, 5.74) is 2.95. The zero-order valence-corrected chi connectivity index (χ0v) is 14.4. The van der Waals surface area contributed by atoms with Crippen LogP contribution in [0.15, 0.2) is 6.20 Å². The van der Waals surface area contributed by atoms with Crippen molar-refractivity contribution in [2.75, 3.05) is 33.2 Å². The van der Waals surface area contributed by atoms with Gasteiger partial charge in [0.25, 0.3) is 0 Å². The van der Waals surface area contributed by atoms with Crippen LogP contribution in [0.4, 0.5) is 0 Å². The molecule has 1 N–H and O–H groups in total. The molecule has 0 saturated carbocycles. The summed E-state index contributed by atoms with van der Waals surface area (Å²) in [6, 6.07) is 0. The van der Waals surface area contributed by atoms with E-state index >= 15 is 0 Å². The van der Waals surface area contributed by atoms with E-state index in [1.165, 1.54) is 0 Å². The molecule has 0 aromatic carbocycles. The van der Waals surface area contributed by atoms with Crippen molar-refractivity contribution in [2.45, 2.75) is 39.5 Å². The third-order valence-corrected chi connectivity index (χ3v) is 5.08. The second kappa shape index (κ2) is 6.11. The lowest BCUT2D eigenvalue weighted by molar-refractivity contribution is -0.132. The summed E-state index contributed by atoms with van der Waals surface area (Å²) in [5.74, 6) is 0.427. The molecule has 1 fully saturated rings. The first-order valence-electron chi connectivity index (χ1n) is 8.54. The molecule has 1 aromatic heterocycles. The maximum Gasteiger partial charge on any atom is 0.222 e. The summed E-state index contributed by atoms with van der Waals surface area (Å²) in [4.78, 5) is 32.3. The molecule has 1 aliphatic carbocycles. The molecule has 126 valence electrons. The largest absolute Gasteiger partial charge is 0.364 e. The number of aryl methyl sites for hydroxylation is 1. The van der Waals surface area contributed by atoms with Crippen LogP contribution in [-0.2, 0) is 17.6 Å². The van der Waals surface area contributed by atoms with Gasteiger partial charge in [-0.3, -0.25) is 9.59 Å². The highest BCUT2D eigenvalue weighted by atomic mass is 16.2. The number of Topliss-reactive ketones (excluding diaryl/α,β-unsaturated/α-hetero) is 1. The van der Waals surface area contributed by atoms with Gasteiger partial charge in [0.1, 0.15) is 0 Å². The van der Waals surface area contributed by atoms with Gasteiger partial charge in [0.2, 0.25) is 5.91 Å². The summed E-state index contributed by atoms with van der Waals surface area (Å²) in [5, 5.41) is 0. The molecule has 1 aliphatic heterocycles. The lowest BCUT2D eigenvalue weighted by atomic mass is 9.75. The van der Waals surface area contributed by atoms with Crippen LogP contribution in [0.2, 0.25) is 0 Å². The average Bonchev–Trinajstić information content (AvgIpc) is 2.87. The molecular weight excluding hydrogens is 290 g/mol. The van der Waals surface area contributed by atoms with Crippen LogP contribution in [-0.4, -0.2) is 59.7 Å². The van der Waals surface area contributed by atoms with E-state index in [4.69, 9.17) is 0 Å². The topological polar surface area (TPSA) is 56.4 Å². The number of carbonyl (C=O) groups excluding carboxylic acids is 2. The monoisotopic (exact) mass is 317 g/mol. The van der Waals surface area contributed by atoms with E-state index in [0.717, 1.165) is 49.4 Å². The van der Waals surface area contributed by atoms with Crippen LogP contribution in [0.25, 0.3) is 0 Å². The second-order valence-corrected chi connectivity index (χ2v) is 7.79. The van der Waals surface area contributed by atoms with E-state index in [-0.39, 0.29) is 17.1 Å². The Bertz CT molecular complexity index is 610. The summed E-state index contributed by atoms with van der Waals surface area (Å²) in [6.07, 6.45) is 4.58. The van der Waals surface area contributed by atoms with Crippen molar-refractivity contribution in [1.82, 2.24) is 14.8 Å². The Kier molecular flexibility index (Phi) is 4.32. The molecule has 1 saturated heterocycles. The van der Waals surface area contributed by atoms with Crippen LogP contribution in [0.3, 0.4) is 0 Å². The van der Waals surface area contributed by atoms with Crippen LogP contribution >= 0.6 is 0 Å². The van der Waals surface area contributed by atoms with Crippen LogP contribution in [0.5, 0.6) is 0 Å². The molecule has 5 nitrogen and oxygen atoms in total. The van der Waals surface area contributed by atoms with Gasteiger partial charge in [-0.05, 0) is 30.9 Å². The normalized spacial score (nSPS) is 21.3. The van der Waals surface area contributed by atoms with Gasteiger partial charge in [-0.15, -0.1) is 0 Å². The van der Waals surface area contributed by atoms with Gasteiger partial charge in [-0.1, -0.05) is 13.8 Å². The summed E-state index contributed by atoms with van der Waals surface area (Å²) in [7, 11) is 2.08. The lowest BCUT2D eigenvalue weighted by Gasteiger charge is -2.32. The number of piperazine rings is 1. The van der Waals surface area contributed by atoms with Crippen molar-refractivity contribution >= 4 is 11.7 Å². The average molecular weight is 317 g/mol. The Morgan fingerprint density at radius 1 is 1.22 bits per heavy atom. The van der Waals surface area contributed by atoms with E-state index in [1.807, 2.05) is 11.1 Å². The van der Waals surface area contributed by atoms with Gasteiger partial charge >= 0.3 is 0 Å². The highest BCUT2D eigenvalue weighted by molar-refractivity contribution is 6.00. The van der Waals surface area contributed by atoms with E-state index in [0.29, 0.717) is 19.3 Å². The molecule has 0 spiro atoms. The number of aromatic nitrogens is 1. The highest BCUT2D eigenvalue weighted by Gasteiger charge is 2.33. The molecule has 3 rings (SSSR count). The SMILES string of the molecule is CN1CCN(C(=O)CCc2c[nH]c3c2C(=O)CC(C)(C)C3)CC1. The number of likely N-dealkylation sites (N-methyl/N-ethyl adjacent to an activating group) is 1. The number of amides is 1. The molecule has 2 heterocycles. The second-order valence-electron chi connectivity index (χ2n) is 7.79. The molecule has 0 radical (unpaired) electrons. The molecule has 1 amide bonds. The predicted octanol–water partition coefficient (Wildman–Crippen LogP) is 1.88. The Hall–Kier alpha value is -1.62. The quantitative estimate of drug-likeness (QED) is 0.926. The molecule has 5 heteroatoms. The fourth-order valence-electron chi connectivity index (χ4n) is 3.72. The standard InChI is InChI=1S/C18H27N3O2/c1-18(2)10-14-17(15(22)11-18)13(12-19-14)4-5-16(23)21-8-6-20(3)7-9-21/h12,19H,4-11H2,1-3H3. The molecule has 0 unspecified atom stereocenters. The van der Waals surface area contributed by atoms with Crippen molar-refractivity contribution in [3.8, 4) is 0 Å². The molecule has 0 atom stereocenters. The molecule has 2 aliphatic rings. The van der Waals surface area contributed by atoms with Gasteiger partial charge < -0.3 is 14.8 Å². The Balaban J connectivity index is 1.63. The number of nitrogens with zero attached hydrogens (tertiary/aromatic N) is 2. The minimum absolute atomic E-state index is 0.0296. The third-order valence-electron chi connectivity index (χ3n) is 5.08. The Morgan fingerprint density at radius 2 is 1.91 bits per heavy atom. The van der Waals surface area contributed by atoms with E-state index in [2.05, 4.69) is 30.8 Å². The number of carbonyl (C=O) groups is 2. The van der Waals surface area contributed by atoms with E-state index in [9.17, 15) is 9.59 Å². The van der Waals surface area contributed by atoms with Gasteiger partial charge in [0.15, 0.2) is 5.78 Å². The summed E-state index contributed by atoms with van der Waals surface area (Å²) < 4.78 is 0. The fraction of sp³-hybridized carbons (Fsp3) is 0.667. The smallest absolute Gasteiger partial charge is 0.222 e. The van der Waals surface area contributed by atoms with Gasteiger partial charge in [0, 0.05) is 56.5 Å². The molecular formula is C18H27N3O2. The number of H-pyrrole nitrogens is 1. The van der Waals surface area contributed by atoms with Crippen LogP contribution in [0, 0.1) is 5.41 Å². The van der Waals surface area contributed by atoms with Crippen LogP contribution < -0.4 is 0 Å². The van der Waals surface area contributed by atoms with Crippen molar-refractivity contribution in [3.63, 3.8) is 0 Å². The summed E-state index contributed by atoms with van der Waals surface area (Å²) >= 11 is 0. The number of aromatic amines is 1. The van der Waals surface area contributed by atoms with Gasteiger partial charge in [0.05, 0.1) is 0 Å². The van der Waals surface area contributed by atoms with E-state index < -0.39 is 0 Å². The van der Waals surface area contributed by atoms with Crippen molar-refractivity contribution < 1.29 is 9.59 Å². The zero-order valence-electron chi connectivity index (χ0n) is 14.4. The lowest BCUT2D eigenvalue weighted by Crippen LogP contribution is -2.47. The van der Waals surface area contributed by atoms with Gasteiger partial charge in [-0.25, -0.2) is 0 Å². The maximum absolute atomic E-state index is 12.4. The predicted molar refractivity (Wildman–Crippen MR) is 89.6 cm³/mol. The minimum atomic E-state index is 0.0296. The van der Waals surface area contributed by atoms with Crippen molar-refractivity contribution in [3.05, 3.63) is 23.0 Å². The third kappa shape index (κ3) is 3.50. The number of ketones is 1. The maximum atomic E-state index is 12.4. The number of hydrogen-bond acceptors (Lipinski definition) is 3. The Labute approximate surface area is 138 Å². The van der Waals surface area contributed by atoms with Gasteiger partial charge in [-0.2, -0.15) is 0 Å². The number of hydrogen-bond donors (Lipinski definition) is 1. The van der Waals surface area contributed by atoms with Crippen molar-refractivity contribution in [2.24, 2.45) is 5.41 Å². The van der Waals surface area contributed by atoms with E-state index in [1.54, 1.807) is 0 Å². The zero-order chi connectivity index (χ0) is 16.6. The first kappa shape index (κ1) is 16.2. The first-order chi connectivity index (χ1) is 10.9. The first-order valence-corrected chi connectivity index (χ1v) is 8.54. The Morgan fingerprint density at radius 3 is 2.61 bits per heavy atom. The van der Waals surface area contributed by atoms with Crippen molar-refractivity contribution in [1.29, 1.82) is 0 Å². The van der Waals surface area contributed by atoms with Crippen LogP contribution in [0.1, 0.15) is 48.3 Å². The molecule has 0 bridgehead atoms. The fourth-order valence-corrected chi connectivity index (χ4v) is 3.72. The number of rotatable bonds is 3. The number of nitrogens with one attached hydrogen (secondary N) is 1. The molecule has 23 heavy (non-hydrogen) atoms.